The zero-order chi connectivity index (χ0) is 18.6. The van der Waals surface area contributed by atoms with Gasteiger partial charge in [0.25, 0.3) is 0 Å². The lowest BCUT2D eigenvalue weighted by atomic mass is 9.95. The highest BCUT2D eigenvalue weighted by Crippen LogP contribution is 2.20. The fourth-order valence-electron chi connectivity index (χ4n) is 2.44. The molecule has 0 bridgehead atoms. The molecule has 0 amide bonds. The molecular formula is C17H21NO7. The van der Waals surface area contributed by atoms with Crippen molar-refractivity contribution in [2.45, 2.75) is 43.0 Å². The number of hydrogen-bond acceptors (Lipinski definition) is 7. The van der Waals surface area contributed by atoms with Gasteiger partial charge in [0.15, 0.2) is 0 Å². The van der Waals surface area contributed by atoms with E-state index in [9.17, 15) is 20.1 Å². The number of rotatable bonds is 4. The van der Waals surface area contributed by atoms with Crippen LogP contribution < -0.4 is 5.73 Å². The molecule has 1 aliphatic rings. The Bertz CT molecular complexity index is 649. The molecule has 7 N–H and O–H groups in total. The monoisotopic (exact) mass is 351 g/mol. The number of aliphatic hydroxyl groups is 4. The molecule has 0 radical (unpaired) electrons. The Morgan fingerprint density at radius 2 is 1.80 bits per heavy atom. The molecule has 1 aromatic rings. The summed E-state index contributed by atoms with van der Waals surface area (Å²) >= 11 is 0. The molecule has 1 fully saturated rings. The number of benzene rings is 1. The maximum Gasteiger partial charge on any atom is 0.320 e. The van der Waals surface area contributed by atoms with Gasteiger partial charge in [-0.1, -0.05) is 24.0 Å². The Balaban J connectivity index is 2.06. The molecule has 2 rings (SSSR count). The van der Waals surface area contributed by atoms with Crippen LogP contribution in [0.5, 0.6) is 0 Å². The van der Waals surface area contributed by atoms with E-state index in [1.807, 2.05) is 0 Å². The number of ether oxygens (including phenoxy) is 1. The van der Waals surface area contributed by atoms with E-state index in [2.05, 4.69) is 11.8 Å². The first-order valence-electron chi connectivity index (χ1n) is 7.73. The van der Waals surface area contributed by atoms with Crippen LogP contribution in [0.25, 0.3) is 0 Å². The number of carboxylic acids is 1. The third-order valence-corrected chi connectivity index (χ3v) is 3.98. The molecule has 8 heteroatoms. The molecule has 25 heavy (non-hydrogen) atoms. The summed E-state index contributed by atoms with van der Waals surface area (Å²) in [6.07, 6.45) is -6.16. The summed E-state index contributed by atoms with van der Waals surface area (Å²) in [4.78, 5) is 10.7. The highest BCUT2D eigenvalue weighted by Gasteiger charge is 2.42. The summed E-state index contributed by atoms with van der Waals surface area (Å²) in [7, 11) is 0. The zero-order valence-electron chi connectivity index (χ0n) is 13.3. The van der Waals surface area contributed by atoms with E-state index in [0.29, 0.717) is 5.56 Å². The lowest BCUT2D eigenvalue weighted by Gasteiger charge is -2.37. The Hall–Kier alpha value is -1.99. The predicted octanol–water partition coefficient (Wildman–Crippen LogP) is -2.17. The van der Waals surface area contributed by atoms with Crippen LogP contribution in [0.15, 0.2) is 24.3 Å². The van der Waals surface area contributed by atoms with Gasteiger partial charge in [-0.25, -0.2) is 0 Å². The average molecular weight is 351 g/mol. The van der Waals surface area contributed by atoms with Crippen molar-refractivity contribution < 1.29 is 35.1 Å². The SMILES string of the molecule is N[C@H](Cc1ccc(C#C[C@@H]2O[C@H](CO)[C@H](O)[C@H](O)[C@H]2O)cc1)C(=O)O. The van der Waals surface area contributed by atoms with E-state index in [-0.39, 0.29) is 6.42 Å². The Labute approximate surface area is 144 Å². The quantitative estimate of drug-likeness (QED) is 0.335. The van der Waals surface area contributed by atoms with Gasteiger partial charge in [-0.3, -0.25) is 4.79 Å². The van der Waals surface area contributed by atoms with Gasteiger partial charge >= 0.3 is 5.97 Å². The van der Waals surface area contributed by atoms with Crippen molar-refractivity contribution >= 4 is 5.97 Å². The number of nitrogens with two attached hydrogens (primary N) is 1. The Morgan fingerprint density at radius 1 is 1.16 bits per heavy atom. The summed E-state index contributed by atoms with van der Waals surface area (Å²) in [6, 6.07) is 5.74. The van der Waals surface area contributed by atoms with Crippen molar-refractivity contribution in [2.24, 2.45) is 5.73 Å². The minimum absolute atomic E-state index is 0.190. The molecule has 0 aliphatic carbocycles. The minimum atomic E-state index is -1.47. The molecule has 1 aliphatic heterocycles. The van der Waals surface area contributed by atoms with E-state index in [4.69, 9.17) is 20.7 Å². The summed E-state index contributed by atoms with van der Waals surface area (Å²) < 4.78 is 5.29. The highest BCUT2D eigenvalue weighted by molar-refractivity contribution is 5.73. The van der Waals surface area contributed by atoms with Crippen molar-refractivity contribution in [3.05, 3.63) is 35.4 Å². The fraction of sp³-hybridized carbons (Fsp3) is 0.471. The lowest BCUT2D eigenvalue weighted by molar-refractivity contribution is -0.214. The van der Waals surface area contributed by atoms with Gasteiger partial charge < -0.3 is 36.0 Å². The fourth-order valence-corrected chi connectivity index (χ4v) is 2.44. The van der Waals surface area contributed by atoms with Crippen LogP contribution in [0.4, 0.5) is 0 Å². The summed E-state index contributed by atoms with van der Waals surface area (Å²) in [5.41, 5.74) is 6.80. The van der Waals surface area contributed by atoms with E-state index in [0.717, 1.165) is 5.56 Å². The molecule has 8 nitrogen and oxygen atoms in total. The Morgan fingerprint density at radius 3 is 2.36 bits per heavy atom. The van der Waals surface area contributed by atoms with Crippen molar-refractivity contribution in [1.82, 2.24) is 0 Å². The first kappa shape index (κ1) is 19.3. The van der Waals surface area contributed by atoms with Crippen molar-refractivity contribution in [2.75, 3.05) is 6.61 Å². The molecule has 0 spiro atoms. The minimum Gasteiger partial charge on any atom is -0.480 e. The van der Waals surface area contributed by atoms with Crippen LogP contribution in [0, 0.1) is 11.8 Å². The Kier molecular flexibility index (Phi) is 6.50. The highest BCUT2D eigenvalue weighted by atomic mass is 16.5. The van der Waals surface area contributed by atoms with Crippen LogP contribution in [0.3, 0.4) is 0 Å². The van der Waals surface area contributed by atoms with E-state index < -0.39 is 49.1 Å². The number of carboxylic acid groups (broad SMARTS) is 1. The van der Waals surface area contributed by atoms with Gasteiger partial charge in [0, 0.05) is 5.56 Å². The first-order valence-corrected chi connectivity index (χ1v) is 7.73. The molecule has 1 heterocycles. The van der Waals surface area contributed by atoms with E-state index in [1.165, 1.54) is 0 Å². The molecule has 6 atom stereocenters. The van der Waals surface area contributed by atoms with E-state index >= 15 is 0 Å². The van der Waals surface area contributed by atoms with Crippen LogP contribution in [-0.2, 0) is 16.0 Å². The maximum absolute atomic E-state index is 10.7. The van der Waals surface area contributed by atoms with Gasteiger partial charge in [0.2, 0.25) is 0 Å². The van der Waals surface area contributed by atoms with Gasteiger partial charge in [0.05, 0.1) is 6.61 Å². The van der Waals surface area contributed by atoms with Crippen LogP contribution >= 0.6 is 0 Å². The van der Waals surface area contributed by atoms with Gasteiger partial charge in [-0.05, 0) is 24.1 Å². The van der Waals surface area contributed by atoms with Crippen molar-refractivity contribution in [3.8, 4) is 11.8 Å². The molecule has 1 aromatic carbocycles. The first-order chi connectivity index (χ1) is 11.8. The second kappa shape index (κ2) is 8.40. The largest absolute Gasteiger partial charge is 0.480 e. The maximum atomic E-state index is 10.7. The van der Waals surface area contributed by atoms with Crippen molar-refractivity contribution in [1.29, 1.82) is 0 Å². The van der Waals surface area contributed by atoms with Gasteiger partial charge in [-0.15, -0.1) is 0 Å². The van der Waals surface area contributed by atoms with E-state index in [1.54, 1.807) is 24.3 Å². The lowest BCUT2D eigenvalue weighted by Crippen LogP contribution is -2.58. The smallest absolute Gasteiger partial charge is 0.320 e. The second-order valence-corrected chi connectivity index (χ2v) is 5.86. The number of aliphatic carboxylic acids is 1. The van der Waals surface area contributed by atoms with Gasteiger partial charge in [0.1, 0.15) is 36.6 Å². The number of hydrogen-bond donors (Lipinski definition) is 6. The van der Waals surface area contributed by atoms with Crippen LogP contribution in [0.2, 0.25) is 0 Å². The molecule has 0 saturated carbocycles. The normalized spacial score (nSPS) is 30.2. The third kappa shape index (κ3) is 4.76. The summed E-state index contributed by atoms with van der Waals surface area (Å²) in [6.45, 7) is -0.512. The molecule has 1 saturated heterocycles. The number of carbonyl (C=O) groups is 1. The van der Waals surface area contributed by atoms with Crippen LogP contribution in [-0.4, -0.2) is 74.7 Å². The van der Waals surface area contributed by atoms with Crippen LogP contribution in [0.1, 0.15) is 11.1 Å². The average Bonchev–Trinajstić information content (AvgIpc) is 2.60. The standard InChI is InChI=1S/C17H21NO7/c18-11(17(23)24)7-10-3-1-9(2-4-10)5-6-12-14(20)16(22)15(21)13(8-19)25-12/h1-4,11-16,19-22H,7-8,18H2,(H,23,24)/t11-,12+,13-,14+,15+,16-/m1/s1. The summed E-state index contributed by atoms with van der Waals surface area (Å²) in [5.74, 6) is 4.35. The molecule has 136 valence electrons. The molecular weight excluding hydrogens is 330 g/mol. The zero-order valence-corrected chi connectivity index (χ0v) is 13.3. The summed E-state index contributed by atoms with van der Waals surface area (Å²) in [5, 5.41) is 47.2. The van der Waals surface area contributed by atoms with Crippen molar-refractivity contribution in [3.63, 3.8) is 0 Å². The topological polar surface area (TPSA) is 153 Å². The molecule has 0 unspecified atom stereocenters. The van der Waals surface area contributed by atoms with Gasteiger partial charge in [-0.2, -0.15) is 0 Å². The third-order valence-electron chi connectivity index (χ3n) is 3.98. The second-order valence-electron chi connectivity index (χ2n) is 5.86. The predicted molar refractivity (Wildman–Crippen MR) is 86.4 cm³/mol. The molecule has 0 aromatic heterocycles. The number of aliphatic hydroxyl groups excluding tert-OH is 4.